The highest BCUT2D eigenvalue weighted by molar-refractivity contribution is 6.45. The van der Waals surface area contributed by atoms with E-state index in [0.29, 0.717) is 0 Å². The average molecular weight is 1320 g/mol. The molecule has 0 saturated carbocycles. The largest absolute Gasteiger partial charge is 0.460 e. The van der Waals surface area contributed by atoms with Gasteiger partial charge in [0.05, 0.1) is 35.3 Å². The molecule has 0 spiro atoms. The van der Waals surface area contributed by atoms with Gasteiger partial charge in [0.15, 0.2) is 0 Å². The van der Waals surface area contributed by atoms with E-state index in [1.54, 1.807) is 27.7 Å². The van der Waals surface area contributed by atoms with Crippen LogP contribution in [0.3, 0.4) is 0 Å². The number of halogens is 6. The molecular formula is C70H54Cl2F4N4O14. The zero-order valence-corrected chi connectivity index (χ0v) is 51.9. The fraction of sp³-hybridized carbons (Fsp3) is 0.200. The second-order valence-corrected chi connectivity index (χ2v) is 23.7. The number of nitrogens with zero attached hydrogens (tertiary/aromatic N) is 2. The van der Waals surface area contributed by atoms with Crippen molar-refractivity contribution in [3.63, 3.8) is 0 Å². The molecule has 480 valence electrons. The van der Waals surface area contributed by atoms with Crippen LogP contribution in [0.25, 0.3) is 43.1 Å². The molecule has 2 aliphatic rings. The molecule has 11 rings (SSSR count). The molecule has 0 saturated heterocycles. The number of esters is 2. The van der Waals surface area contributed by atoms with Crippen LogP contribution in [0.4, 0.5) is 17.6 Å². The summed E-state index contributed by atoms with van der Waals surface area (Å²) in [5.41, 5.74) is -0.980. The van der Waals surface area contributed by atoms with Gasteiger partial charge >= 0.3 is 11.9 Å². The maximum atomic E-state index is 15.9. The summed E-state index contributed by atoms with van der Waals surface area (Å²) in [6.45, 7) is 12.4. The van der Waals surface area contributed by atoms with Crippen LogP contribution in [0.2, 0.25) is 0 Å². The molecule has 24 heteroatoms. The van der Waals surface area contributed by atoms with Crippen LogP contribution in [0.1, 0.15) is 82.0 Å². The Morgan fingerprint density at radius 3 is 0.883 bits per heavy atom. The lowest BCUT2D eigenvalue weighted by Gasteiger charge is -2.36. The smallest absolute Gasteiger partial charge is 0.349 e. The minimum atomic E-state index is -1.55. The number of fused-ring (bicyclic) bond motifs is 2. The van der Waals surface area contributed by atoms with Crippen molar-refractivity contribution in [2.24, 2.45) is 11.8 Å². The summed E-state index contributed by atoms with van der Waals surface area (Å²) in [5.74, 6) is -12.0. The molecule has 0 bridgehead atoms. The van der Waals surface area contributed by atoms with E-state index in [0.717, 1.165) is 58.3 Å². The topological polar surface area (TPSA) is 222 Å². The van der Waals surface area contributed by atoms with E-state index < -0.39 is 92.8 Å². The van der Waals surface area contributed by atoms with Crippen molar-refractivity contribution < 1.29 is 84.3 Å². The molecule has 2 aliphatic heterocycles. The SMILES string of the molecule is C=C(Cl)C(=O)OCCNC(=O)C(CC(C)C)N1C(=O)c2cc(Oc3ccc(F)cc3)c3c4c(Oc5ccc(F)cc5)cc5c6c(cc(Oc7ccc(F)cc7)c(c7c(Oc8ccc(F)cc8)cc(c2c37)C1=O)c64)C(=O)N(C(CC(C)C)C(=O)NCCOC(=O)C(=C)Cl)C5=O. The van der Waals surface area contributed by atoms with E-state index >= 15 is 19.2 Å². The number of imide groups is 2. The minimum absolute atomic E-state index is 0.0219. The van der Waals surface area contributed by atoms with E-state index in [4.69, 9.17) is 51.6 Å². The molecule has 9 aromatic carbocycles. The maximum absolute atomic E-state index is 15.9. The first-order valence-electron chi connectivity index (χ1n) is 29.3. The number of carbonyl (C=O) groups is 8. The number of hydrogen-bond donors (Lipinski definition) is 2. The van der Waals surface area contributed by atoms with Gasteiger partial charge in [0.1, 0.15) is 105 Å². The standard InChI is InChI=1S/C70H54Cl2F4N4O14/c1-33(2)27-49(63(81)77-23-25-89-69(87)35(5)71)79-65(83)45-29-51(91-41-15-7-37(73)8-16-41)57-59-53(93-43-19-11-39(75)12-20-43)31-47-56-48(68(86)80(67(47)85)50(28-34(3)4)64(82)78-24-26-90-70(88)36(6)72)32-54(94-44-21-13-40(76)14-22-44)60(62(56)59)58-52(92-42-17-9-38(74)10-18-42)30-46(66(79)84)55(45)61(57)58/h7-22,29-34,49-50H,5-6,23-28H2,1-4H3,(H,77,81)(H,78,82). The molecule has 0 fully saturated rings. The van der Waals surface area contributed by atoms with Gasteiger partial charge in [-0.15, -0.1) is 0 Å². The Bertz CT molecular complexity index is 4130. The first-order valence-corrected chi connectivity index (χ1v) is 30.1. The zero-order valence-electron chi connectivity index (χ0n) is 50.4. The van der Waals surface area contributed by atoms with Gasteiger partial charge < -0.3 is 39.1 Å². The van der Waals surface area contributed by atoms with Crippen molar-refractivity contribution in [3.05, 3.63) is 190 Å². The molecular weight excluding hydrogens is 1270 g/mol. The van der Waals surface area contributed by atoms with E-state index in [9.17, 15) is 36.7 Å². The highest BCUT2D eigenvalue weighted by Gasteiger charge is 2.46. The second kappa shape index (κ2) is 26.6. The summed E-state index contributed by atoms with van der Waals surface area (Å²) < 4.78 is 96.9. The summed E-state index contributed by atoms with van der Waals surface area (Å²) in [5, 5.41) is 4.15. The second-order valence-electron chi connectivity index (χ2n) is 22.8. The van der Waals surface area contributed by atoms with E-state index in [-0.39, 0.29) is 162 Å². The van der Waals surface area contributed by atoms with Crippen molar-refractivity contribution >= 4 is 114 Å². The van der Waals surface area contributed by atoms with E-state index in [1.165, 1.54) is 72.8 Å². The number of nitrogens with one attached hydrogen (secondary N) is 2. The molecule has 9 aromatic rings. The van der Waals surface area contributed by atoms with Gasteiger partial charge in [-0.3, -0.25) is 38.6 Å². The number of hydrogen-bond acceptors (Lipinski definition) is 14. The van der Waals surface area contributed by atoms with Crippen molar-refractivity contribution in [2.75, 3.05) is 26.3 Å². The molecule has 2 N–H and O–H groups in total. The normalized spacial score (nSPS) is 13.4. The first kappa shape index (κ1) is 64.9. The van der Waals surface area contributed by atoms with Crippen molar-refractivity contribution in [1.82, 2.24) is 20.4 Å². The van der Waals surface area contributed by atoms with Crippen LogP contribution in [-0.2, 0) is 28.7 Å². The van der Waals surface area contributed by atoms with Gasteiger partial charge in [-0.1, -0.05) is 64.1 Å². The lowest BCUT2D eigenvalue weighted by Crippen LogP contribution is -2.54. The molecule has 0 radical (unpaired) electrons. The zero-order chi connectivity index (χ0) is 67.1. The summed E-state index contributed by atoms with van der Waals surface area (Å²) in [7, 11) is 0. The van der Waals surface area contributed by atoms with Crippen LogP contribution in [0.15, 0.2) is 145 Å². The van der Waals surface area contributed by atoms with Crippen LogP contribution < -0.4 is 29.6 Å². The predicted octanol–water partition coefficient (Wildman–Crippen LogP) is 14.3. The van der Waals surface area contributed by atoms with Gasteiger partial charge in [0.2, 0.25) is 11.8 Å². The van der Waals surface area contributed by atoms with Gasteiger partial charge in [-0.05, 0) is 146 Å². The summed E-state index contributed by atoms with van der Waals surface area (Å²) in [6.07, 6.45) is -0.216. The van der Waals surface area contributed by atoms with Crippen LogP contribution in [0.5, 0.6) is 46.0 Å². The highest BCUT2D eigenvalue weighted by atomic mass is 35.5. The number of benzene rings is 9. The third-order valence-electron chi connectivity index (χ3n) is 15.5. The summed E-state index contributed by atoms with van der Waals surface area (Å²) in [6, 6.07) is 21.2. The van der Waals surface area contributed by atoms with Gasteiger partial charge in [0, 0.05) is 43.1 Å². The monoisotopic (exact) mass is 1320 g/mol. The molecule has 2 heterocycles. The molecule has 2 unspecified atom stereocenters. The third kappa shape index (κ3) is 12.7. The number of carbonyl (C=O) groups excluding carboxylic acids is 8. The Kier molecular flexibility index (Phi) is 18.3. The Balaban J connectivity index is 1.27. The lowest BCUT2D eigenvalue weighted by atomic mass is 9.80. The first-order chi connectivity index (χ1) is 44.9. The summed E-state index contributed by atoms with van der Waals surface area (Å²) in [4.78, 5) is 118. The van der Waals surface area contributed by atoms with Crippen molar-refractivity contribution in [3.8, 4) is 46.0 Å². The fourth-order valence-corrected chi connectivity index (χ4v) is 11.6. The average Bonchev–Trinajstić information content (AvgIpc) is 0.672. The molecule has 6 amide bonds. The predicted molar refractivity (Wildman–Crippen MR) is 339 cm³/mol. The summed E-state index contributed by atoms with van der Waals surface area (Å²) >= 11 is 11.4. The van der Waals surface area contributed by atoms with Crippen molar-refractivity contribution in [1.29, 1.82) is 0 Å². The number of amides is 6. The van der Waals surface area contributed by atoms with Gasteiger partial charge in [-0.2, -0.15) is 0 Å². The Morgan fingerprint density at radius 2 is 0.660 bits per heavy atom. The van der Waals surface area contributed by atoms with Crippen LogP contribution >= 0.6 is 23.2 Å². The Labute approximate surface area is 542 Å². The molecule has 18 nitrogen and oxygen atoms in total. The molecule has 2 atom stereocenters. The lowest BCUT2D eigenvalue weighted by molar-refractivity contribution is -0.139. The minimum Gasteiger partial charge on any atom is -0.460 e. The Morgan fingerprint density at radius 1 is 0.415 bits per heavy atom. The highest BCUT2D eigenvalue weighted by Crippen LogP contribution is 2.58. The quantitative estimate of drug-likeness (QED) is 0.0109. The number of rotatable bonds is 24. The molecule has 0 aromatic heterocycles. The van der Waals surface area contributed by atoms with Gasteiger partial charge in [-0.25, -0.2) is 27.2 Å². The Hall–Kier alpha value is -10.6. The molecule has 0 aliphatic carbocycles. The van der Waals surface area contributed by atoms with Gasteiger partial charge in [0.25, 0.3) is 23.6 Å². The van der Waals surface area contributed by atoms with E-state index in [2.05, 4.69) is 23.8 Å². The van der Waals surface area contributed by atoms with E-state index in [1.807, 2.05) is 0 Å². The fourth-order valence-electron chi connectivity index (χ4n) is 11.5. The van der Waals surface area contributed by atoms with Crippen molar-refractivity contribution in [2.45, 2.75) is 52.6 Å². The third-order valence-corrected chi connectivity index (χ3v) is 15.8. The number of ether oxygens (including phenoxy) is 6. The van der Waals surface area contributed by atoms with Crippen LogP contribution in [-0.4, -0.2) is 95.6 Å². The van der Waals surface area contributed by atoms with Crippen LogP contribution in [0, 0.1) is 35.1 Å². The maximum Gasteiger partial charge on any atom is 0.349 e. The molecule has 94 heavy (non-hydrogen) atoms.